The second-order valence-corrected chi connectivity index (χ2v) is 3.67. The SMILES string of the molecule is CCC(C)=Nc1ccc(C)cc1S. The third kappa shape index (κ3) is 2.88. The molecule has 0 N–H and O–H groups in total. The number of rotatable bonds is 2. The van der Waals surface area contributed by atoms with Crippen LogP contribution >= 0.6 is 12.6 Å². The molecular formula is C11H15NS. The van der Waals surface area contributed by atoms with Crippen molar-refractivity contribution in [1.82, 2.24) is 0 Å². The topological polar surface area (TPSA) is 12.4 Å². The van der Waals surface area contributed by atoms with Crippen LogP contribution in [0.5, 0.6) is 0 Å². The normalized spacial score (nSPS) is 11.8. The number of hydrogen-bond acceptors (Lipinski definition) is 2. The molecule has 0 bridgehead atoms. The first kappa shape index (κ1) is 10.3. The molecule has 0 aliphatic carbocycles. The van der Waals surface area contributed by atoms with E-state index < -0.39 is 0 Å². The van der Waals surface area contributed by atoms with Crippen LogP contribution in [-0.4, -0.2) is 5.71 Å². The van der Waals surface area contributed by atoms with E-state index in [1.54, 1.807) is 0 Å². The maximum atomic E-state index is 4.46. The van der Waals surface area contributed by atoms with Gasteiger partial charge in [-0.05, 0) is 38.0 Å². The van der Waals surface area contributed by atoms with Gasteiger partial charge in [0.25, 0.3) is 0 Å². The summed E-state index contributed by atoms with van der Waals surface area (Å²) in [6, 6.07) is 6.10. The largest absolute Gasteiger partial charge is 0.257 e. The summed E-state index contributed by atoms with van der Waals surface area (Å²) in [5.74, 6) is 0. The van der Waals surface area contributed by atoms with Gasteiger partial charge in [-0.2, -0.15) is 0 Å². The molecule has 0 fully saturated rings. The van der Waals surface area contributed by atoms with Crippen LogP contribution in [0.3, 0.4) is 0 Å². The molecule has 0 amide bonds. The molecule has 0 aromatic heterocycles. The van der Waals surface area contributed by atoms with E-state index in [1.165, 1.54) is 5.56 Å². The Morgan fingerprint density at radius 3 is 2.69 bits per heavy atom. The molecule has 1 aromatic rings. The third-order valence-electron chi connectivity index (χ3n) is 1.95. The van der Waals surface area contributed by atoms with Gasteiger partial charge in [0, 0.05) is 10.6 Å². The molecule has 13 heavy (non-hydrogen) atoms. The molecule has 70 valence electrons. The fourth-order valence-electron chi connectivity index (χ4n) is 1.01. The highest BCUT2D eigenvalue weighted by molar-refractivity contribution is 7.80. The van der Waals surface area contributed by atoms with Crippen LogP contribution in [0.4, 0.5) is 5.69 Å². The molecule has 0 spiro atoms. The van der Waals surface area contributed by atoms with E-state index in [9.17, 15) is 0 Å². The van der Waals surface area contributed by atoms with E-state index >= 15 is 0 Å². The molecule has 1 nitrogen and oxygen atoms in total. The van der Waals surface area contributed by atoms with Crippen molar-refractivity contribution < 1.29 is 0 Å². The Hall–Kier alpha value is -0.760. The van der Waals surface area contributed by atoms with Crippen LogP contribution in [0, 0.1) is 6.92 Å². The second kappa shape index (κ2) is 4.47. The molecule has 0 unspecified atom stereocenters. The Balaban J connectivity index is 3.03. The minimum Gasteiger partial charge on any atom is -0.257 e. The first-order chi connectivity index (χ1) is 6.13. The van der Waals surface area contributed by atoms with Crippen molar-refractivity contribution in [2.45, 2.75) is 32.1 Å². The zero-order valence-electron chi connectivity index (χ0n) is 8.33. The van der Waals surface area contributed by atoms with Crippen LogP contribution in [0.15, 0.2) is 28.1 Å². The maximum absolute atomic E-state index is 4.46. The van der Waals surface area contributed by atoms with Crippen molar-refractivity contribution in [3.8, 4) is 0 Å². The summed E-state index contributed by atoms with van der Waals surface area (Å²) in [6.45, 7) is 6.19. The van der Waals surface area contributed by atoms with Crippen LogP contribution in [-0.2, 0) is 0 Å². The lowest BCUT2D eigenvalue weighted by molar-refractivity contribution is 1.23. The molecule has 1 rings (SSSR count). The van der Waals surface area contributed by atoms with E-state index in [1.807, 2.05) is 19.1 Å². The summed E-state index contributed by atoms with van der Waals surface area (Å²) in [4.78, 5) is 5.41. The van der Waals surface area contributed by atoms with Crippen molar-refractivity contribution >= 4 is 24.0 Å². The summed E-state index contributed by atoms with van der Waals surface area (Å²) < 4.78 is 0. The summed E-state index contributed by atoms with van der Waals surface area (Å²) in [5, 5.41) is 0. The van der Waals surface area contributed by atoms with Gasteiger partial charge < -0.3 is 0 Å². The zero-order valence-corrected chi connectivity index (χ0v) is 9.23. The van der Waals surface area contributed by atoms with Crippen LogP contribution in [0.25, 0.3) is 0 Å². The highest BCUT2D eigenvalue weighted by atomic mass is 32.1. The first-order valence-electron chi connectivity index (χ1n) is 4.47. The van der Waals surface area contributed by atoms with Gasteiger partial charge in [-0.15, -0.1) is 12.6 Å². The van der Waals surface area contributed by atoms with Gasteiger partial charge in [0.15, 0.2) is 0 Å². The summed E-state index contributed by atoms with van der Waals surface area (Å²) in [7, 11) is 0. The van der Waals surface area contributed by atoms with Gasteiger partial charge in [0.05, 0.1) is 5.69 Å². The molecular weight excluding hydrogens is 178 g/mol. The first-order valence-corrected chi connectivity index (χ1v) is 4.92. The Morgan fingerprint density at radius 2 is 2.15 bits per heavy atom. The number of benzene rings is 1. The van der Waals surface area contributed by atoms with Crippen LogP contribution in [0.1, 0.15) is 25.8 Å². The summed E-state index contributed by atoms with van der Waals surface area (Å²) in [6.07, 6.45) is 0.987. The van der Waals surface area contributed by atoms with E-state index in [0.29, 0.717) is 0 Å². The van der Waals surface area contributed by atoms with Gasteiger partial charge in [0.2, 0.25) is 0 Å². The summed E-state index contributed by atoms with van der Waals surface area (Å²) in [5.41, 5.74) is 3.32. The van der Waals surface area contributed by atoms with Gasteiger partial charge in [-0.25, -0.2) is 0 Å². The predicted molar refractivity (Wildman–Crippen MR) is 61.5 cm³/mol. The van der Waals surface area contributed by atoms with Crippen LogP contribution in [0.2, 0.25) is 0 Å². The van der Waals surface area contributed by atoms with Gasteiger partial charge in [0.1, 0.15) is 0 Å². The number of nitrogens with zero attached hydrogens (tertiary/aromatic N) is 1. The monoisotopic (exact) mass is 193 g/mol. The lowest BCUT2D eigenvalue weighted by Gasteiger charge is -2.01. The Kier molecular flexibility index (Phi) is 3.55. The molecule has 2 heteroatoms. The zero-order chi connectivity index (χ0) is 9.84. The van der Waals surface area contributed by atoms with Gasteiger partial charge in [-0.3, -0.25) is 4.99 Å². The number of hydrogen-bond donors (Lipinski definition) is 1. The standard InChI is InChI=1S/C11H15NS/c1-4-9(3)12-10-6-5-8(2)7-11(10)13/h5-7,13H,4H2,1-3H3. The fourth-order valence-corrected chi connectivity index (χ4v) is 1.34. The Bertz CT molecular complexity index is 329. The van der Waals surface area contributed by atoms with E-state index in [2.05, 4.69) is 37.5 Å². The second-order valence-electron chi connectivity index (χ2n) is 3.19. The fraction of sp³-hybridized carbons (Fsp3) is 0.364. The van der Waals surface area contributed by atoms with E-state index in [0.717, 1.165) is 22.7 Å². The summed E-state index contributed by atoms with van der Waals surface area (Å²) >= 11 is 4.37. The highest BCUT2D eigenvalue weighted by Crippen LogP contribution is 2.24. The molecule has 0 aliphatic rings. The number of aliphatic imine (C=N–C) groups is 1. The predicted octanol–water partition coefficient (Wildman–Crippen LogP) is 3.79. The number of aryl methyl sites for hydroxylation is 1. The maximum Gasteiger partial charge on any atom is 0.0762 e. The molecule has 0 atom stereocenters. The Labute approximate surface area is 85.3 Å². The van der Waals surface area contributed by atoms with Crippen molar-refractivity contribution in [1.29, 1.82) is 0 Å². The third-order valence-corrected chi connectivity index (χ3v) is 2.31. The van der Waals surface area contributed by atoms with Gasteiger partial charge >= 0.3 is 0 Å². The van der Waals surface area contributed by atoms with Gasteiger partial charge in [-0.1, -0.05) is 13.0 Å². The van der Waals surface area contributed by atoms with Crippen molar-refractivity contribution in [3.63, 3.8) is 0 Å². The highest BCUT2D eigenvalue weighted by Gasteiger charge is 1.97. The lowest BCUT2D eigenvalue weighted by atomic mass is 10.2. The van der Waals surface area contributed by atoms with Crippen LogP contribution < -0.4 is 0 Å². The molecule has 0 radical (unpaired) electrons. The molecule has 0 heterocycles. The Morgan fingerprint density at radius 1 is 1.46 bits per heavy atom. The average molecular weight is 193 g/mol. The average Bonchev–Trinajstić information content (AvgIpc) is 2.09. The number of thiol groups is 1. The molecule has 0 saturated carbocycles. The van der Waals surface area contributed by atoms with Crippen molar-refractivity contribution in [3.05, 3.63) is 23.8 Å². The lowest BCUT2D eigenvalue weighted by Crippen LogP contribution is -1.85. The van der Waals surface area contributed by atoms with Crippen molar-refractivity contribution in [2.75, 3.05) is 0 Å². The molecule has 0 saturated heterocycles. The minimum absolute atomic E-state index is 0.952. The molecule has 0 aliphatic heterocycles. The van der Waals surface area contributed by atoms with E-state index in [4.69, 9.17) is 0 Å². The smallest absolute Gasteiger partial charge is 0.0762 e. The molecule has 1 aromatic carbocycles. The minimum atomic E-state index is 0.952. The quantitative estimate of drug-likeness (QED) is 0.542. The van der Waals surface area contributed by atoms with Crippen molar-refractivity contribution in [2.24, 2.45) is 4.99 Å². The van der Waals surface area contributed by atoms with E-state index in [-0.39, 0.29) is 0 Å².